The fourth-order valence-electron chi connectivity index (χ4n) is 9.93. The van der Waals surface area contributed by atoms with Gasteiger partial charge in [0.2, 0.25) is 0 Å². The first-order valence-corrected chi connectivity index (χ1v) is 15.3. The molecule has 4 rings (SSSR count). The second-order valence-electron chi connectivity index (χ2n) is 14.5. The van der Waals surface area contributed by atoms with Crippen LogP contribution in [0.4, 0.5) is 0 Å². The Balaban J connectivity index is 1.58. The Labute approximate surface area is 225 Å². The molecule has 4 aliphatic carbocycles. The lowest BCUT2D eigenvalue weighted by atomic mass is 9.42. The van der Waals surface area contributed by atoms with E-state index in [1.54, 1.807) is 0 Å². The highest BCUT2D eigenvalue weighted by atomic mass is 16.6. The van der Waals surface area contributed by atoms with Gasteiger partial charge in [-0.1, -0.05) is 54.4 Å². The van der Waals surface area contributed by atoms with Gasteiger partial charge in [-0.2, -0.15) is 0 Å². The van der Waals surface area contributed by atoms with Crippen molar-refractivity contribution in [1.82, 2.24) is 0 Å². The standard InChI is InChI=1S/C32H54O5/c1-19(2)20(3)9-10-21(4)26-11-12-27-25-17-29(37-23(6)34)32(35)18-24(36-22(5)33)13-16-31(32,8)28(25)14-15-30(26,27)7/h19-21,24-29,35H,9-18H2,1-8H3. The predicted molar refractivity (Wildman–Crippen MR) is 146 cm³/mol. The van der Waals surface area contributed by atoms with Crippen LogP contribution in [0.1, 0.15) is 120 Å². The van der Waals surface area contributed by atoms with Crippen LogP contribution in [0.2, 0.25) is 0 Å². The van der Waals surface area contributed by atoms with Crippen molar-refractivity contribution < 1.29 is 24.2 Å². The number of carbonyl (C=O) groups excluding carboxylic acids is 2. The van der Waals surface area contributed by atoms with Crippen LogP contribution in [0.3, 0.4) is 0 Å². The fourth-order valence-corrected chi connectivity index (χ4v) is 9.93. The van der Waals surface area contributed by atoms with Crippen molar-refractivity contribution in [3.05, 3.63) is 0 Å². The van der Waals surface area contributed by atoms with Gasteiger partial charge in [0.15, 0.2) is 0 Å². The zero-order valence-corrected chi connectivity index (χ0v) is 24.8. The van der Waals surface area contributed by atoms with E-state index in [1.807, 2.05) is 0 Å². The van der Waals surface area contributed by atoms with Crippen LogP contribution in [0.25, 0.3) is 0 Å². The smallest absolute Gasteiger partial charge is 0.303 e. The lowest BCUT2D eigenvalue weighted by Crippen LogP contribution is -2.69. The average Bonchev–Trinajstić information content (AvgIpc) is 3.15. The summed E-state index contributed by atoms with van der Waals surface area (Å²) in [5, 5.41) is 12.3. The van der Waals surface area contributed by atoms with Crippen LogP contribution in [-0.4, -0.2) is 34.9 Å². The van der Waals surface area contributed by atoms with Crippen molar-refractivity contribution in [2.24, 2.45) is 52.3 Å². The lowest BCUT2D eigenvalue weighted by Gasteiger charge is -2.65. The first kappa shape index (κ1) is 28.9. The Morgan fingerprint density at radius 2 is 1.57 bits per heavy atom. The Morgan fingerprint density at radius 1 is 0.892 bits per heavy atom. The largest absolute Gasteiger partial charge is 0.462 e. The molecule has 0 spiro atoms. The van der Waals surface area contributed by atoms with E-state index in [-0.39, 0.29) is 23.5 Å². The maximum atomic E-state index is 12.3. The van der Waals surface area contributed by atoms with Crippen LogP contribution in [0.15, 0.2) is 0 Å². The van der Waals surface area contributed by atoms with Crippen molar-refractivity contribution in [2.75, 3.05) is 0 Å². The third kappa shape index (κ3) is 5.00. The maximum absolute atomic E-state index is 12.3. The summed E-state index contributed by atoms with van der Waals surface area (Å²) >= 11 is 0. The van der Waals surface area contributed by atoms with Gasteiger partial charge in [0, 0.05) is 25.7 Å². The molecular weight excluding hydrogens is 464 g/mol. The number of hydrogen-bond donors (Lipinski definition) is 1. The van der Waals surface area contributed by atoms with Crippen LogP contribution in [0.5, 0.6) is 0 Å². The maximum Gasteiger partial charge on any atom is 0.303 e. The van der Waals surface area contributed by atoms with E-state index < -0.39 is 11.7 Å². The molecule has 0 aromatic heterocycles. The molecule has 0 heterocycles. The number of hydrogen-bond acceptors (Lipinski definition) is 5. The van der Waals surface area contributed by atoms with E-state index in [1.165, 1.54) is 46.0 Å². The van der Waals surface area contributed by atoms with Crippen LogP contribution >= 0.6 is 0 Å². The molecular formula is C32H54O5. The molecule has 0 saturated heterocycles. The summed E-state index contributed by atoms with van der Waals surface area (Å²) in [7, 11) is 0. The van der Waals surface area contributed by atoms with Crippen LogP contribution < -0.4 is 0 Å². The van der Waals surface area contributed by atoms with Crippen molar-refractivity contribution in [2.45, 2.75) is 137 Å². The Bertz CT molecular complexity index is 854. The summed E-state index contributed by atoms with van der Waals surface area (Å²) in [5.74, 6) is 3.84. The summed E-state index contributed by atoms with van der Waals surface area (Å²) < 4.78 is 11.5. The zero-order valence-electron chi connectivity index (χ0n) is 24.8. The lowest BCUT2D eigenvalue weighted by molar-refractivity contribution is -0.271. The van der Waals surface area contributed by atoms with Crippen LogP contribution in [0, 0.1) is 52.3 Å². The SMILES string of the molecule is CC(=O)OC1CCC2(C)C3CCC4(C)C(C(C)CCC(C)C(C)C)CCC4C3CC(OC(C)=O)C2(O)C1. The Morgan fingerprint density at radius 3 is 2.19 bits per heavy atom. The number of carbonyl (C=O) groups is 2. The quantitative estimate of drug-likeness (QED) is 0.370. The summed E-state index contributed by atoms with van der Waals surface area (Å²) in [4.78, 5) is 24.0. The molecule has 0 amide bonds. The number of ether oxygens (including phenoxy) is 2. The molecule has 5 heteroatoms. The van der Waals surface area contributed by atoms with Crippen molar-refractivity contribution in [1.29, 1.82) is 0 Å². The molecule has 11 atom stereocenters. The number of rotatable bonds is 7. The van der Waals surface area contributed by atoms with Gasteiger partial charge in [-0.05, 0) is 91.8 Å². The van der Waals surface area contributed by atoms with E-state index in [2.05, 4.69) is 41.5 Å². The van der Waals surface area contributed by atoms with Crippen molar-refractivity contribution >= 4 is 11.9 Å². The number of fused-ring (bicyclic) bond motifs is 5. The minimum Gasteiger partial charge on any atom is -0.462 e. The van der Waals surface area contributed by atoms with Crippen LogP contribution in [-0.2, 0) is 19.1 Å². The number of esters is 2. The molecule has 0 aliphatic heterocycles. The second-order valence-corrected chi connectivity index (χ2v) is 14.5. The Hall–Kier alpha value is -1.10. The minimum absolute atomic E-state index is 0.308. The second kappa shape index (κ2) is 10.5. The first-order chi connectivity index (χ1) is 17.2. The van der Waals surface area contributed by atoms with Gasteiger partial charge in [-0.15, -0.1) is 0 Å². The zero-order chi connectivity index (χ0) is 27.3. The summed E-state index contributed by atoms with van der Waals surface area (Å²) in [6, 6.07) is 0. The Kier molecular flexibility index (Phi) is 8.18. The highest BCUT2D eigenvalue weighted by Gasteiger charge is 2.68. The van der Waals surface area contributed by atoms with E-state index in [9.17, 15) is 14.7 Å². The molecule has 4 fully saturated rings. The molecule has 0 radical (unpaired) electrons. The van der Waals surface area contributed by atoms with Gasteiger partial charge in [0.25, 0.3) is 0 Å². The van der Waals surface area contributed by atoms with E-state index in [4.69, 9.17) is 9.47 Å². The minimum atomic E-state index is -1.16. The normalized spacial score (nSPS) is 44.8. The van der Waals surface area contributed by atoms with Gasteiger partial charge >= 0.3 is 11.9 Å². The molecule has 212 valence electrons. The number of aliphatic hydroxyl groups is 1. The summed E-state index contributed by atoms with van der Waals surface area (Å²) in [6.45, 7) is 17.3. The monoisotopic (exact) mass is 518 g/mol. The molecule has 0 aromatic carbocycles. The highest BCUT2D eigenvalue weighted by Crippen LogP contribution is 2.69. The topological polar surface area (TPSA) is 72.8 Å². The summed E-state index contributed by atoms with van der Waals surface area (Å²) in [5.41, 5.74) is -1.18. The molecule has 4 saturated carbocycles. The van der Waals surface area contributed by atoms with Crippen molar-refractivity contribution in [3.8, 4) is 0 Å². The van der Waals surface area contributed by atoms with E-state index in [0.717, 1.165) is 49.4 Å². The van der Waals surface area contributed by atoms with E-state index in [0.29, 0.717) is 29.6 Å². The molecule has 37 heavy (non-hydrogen) atoms. The third-order valence-corrected chi connectivity index (χ3v) is 12.4. The van der Waals surface area contributed by atoms with Gasteiger partial charge < -0.3 is 14.6 Å². The van der Waals surface area contributed by atoms with Gasteiger partial charge in [0.05, 0.1) is 0 Å². The van der Waals surface area contributed by atoms with Crippen molar-refractivity contribution in [3.63, 3.8) is 0 Å². The highest BCUT2D eigenvalue weighted by molar-refractivity contribution is 5.66. The molecule has 0 aromatic rings. The van der Waals surface area contributed by atoms with E-state index >= 15 is 0 Å². The average molecular weight is 519 g/mol. The summed E-state index contributed by atoms with van der Waals surface area (Å²) in [6.07, 6.45) is 9.34. The van der Waals surface area contributed by atoms with Gasteiger partial charge in [0.1, 0.15) is 17.8 Å². The molecule has 5 nitrogen and oxygen atoms in total. The van der Waals surface area contributed by atoms with Gasteiger partial charge in [-0.25, -0.2) is 0 Å². The van der Waals surface area contributed by atoms with Gasteiger partial charge in [-0.3, -0.25) is 9.59 Å². The molecule has 4 aliphatic rings. The predicted octanol–water partition coefficient (Wildman–Crippen LogP) is 6.94. The molecule has 0 bridgehead atoms. The first-order valence-electron chi connectivity index (χ1n) is 15.3. The molecule has 1 N–H and O–H groups in total. The molecule has 11 unspecified atom stereocenters. The fraction of sp³-hybridized carbons (Fsp3) is 0.938. The third-order valence-electron chi connectivity index (χ3n) is 12.4.